The molecular formula is C14H19N3O2. The van der Waals surface area contributed by atoms with Crippen molar-refractivity contribution in [2.75, 3.05) is 6.54 Å². The number of hydrogen-bond acceptors (Lipinski definition) is 3. The Morgan fingerprint density at radius 3 is 2.84 bits per heavy atom. The summed E-state index contributed by atoms with van der Waals surface area (Å²) >= 11 is 0. The van der Waals surface area contributed by atoms with Crippen LogP contribution in [0, 0.1) is 6.92 Å². The maximum atomic E-state index is 11.9. The van der Waals surface area contributed by atoms with E-state index in [-0.39, 0.29) is 11.9 Å². The smallest absolute Gasteiger partial charge is 0.254 e. The topological polar surface area (TPSA) is 60.1 Å². The zero-order chi connectivity index (χ0) is 13.8. The van der Waals surface area contributed by atoms with Gasteiger partial charge in [0.05, 0.1) is 11.8 Å². The molecule has 0 bridgehead atoms. The zero-order valence-corrected chi connectivity index (χ0v) is 11.5. The highest BCUT2D eigenvalue weighted by Gasteiger charge is 2.09. The van der Waals surface area contributed by atoms with Gasteiger partial charge in [0, 0.05) is 25.2 Å². The highest BCUT2D eigenvalue weighted by molar-refractivity contribution is 5.93. The van der Waals surface area contributed by atoms with E-state index in [9.17, 15) is 4.79 Å². The number of rotatable bonds is 5. The number of carbonyl (C=O) groups is 1. The van der Waals surface area contributed by atoms with Crippen LogP contribution in [-0.2, 0) is 6.42 Å². The van der Waals surface area contributed by atoms with Crippen molar-refractivity contribution in [2.45, 2.75) is 33.2 Å². The van der Waals surface area contributed by atoms with Crippen molar-refractivity contribution in [3.05, 3.63) is 41.6 Å². The molecule has 0 aromatic carbocycles. The molecule has 0 aliphatic carbocycles. The Morgan fingerprint density at radius 1 is 1.47 bits per heavy atom. The molecule has 102 valence electrons. The molecule has 5 heteroatoms. The van der Waals surface area contributed by atoms with Gasteiger partial charge in [0.25, 0.3) is 5.91 Å². The van der Waals surface area contributed by atoms with Crippen molar-refractivity contribution in [2.24, 2.45) is 0 Å². The largest absolute Gasteiger partial charge is 0.466 e. The van der Waals surface area contributed by atoms with Crippen LogP contribution >= 0.6 is 0 Å². The van der Waals surface area contributed by atoms with Crippen molar-refractivity contribution in [1.82, 2.24) is 15.1 Å². The van der Waals surface area contributed by atoms with Gasteiger partial charge in [0.1, 0.15) is 11.5 Å². The SMILES string of the molecule is Cc1ccc(CCNC(=O)c2cnn(C(C)C)c2)o1. The number of nitrogens with one attached hydrogen (secondary N) is 1. The standard InChI is InChI=1S/C14H19N3O2/c1-10(2)17-9-12(8-16-17)14(18)15-7-6-13-5-4-11(3)19-13/h4-5,8-10H,6-7H2,1-3H3,(H,15,18). The maximum Gasteiger partial charge on any atom is 0.254 e. The lowest BCUT2D eigenvalue weighted by Gasteiger charge is -2.03. The van der Waals surface area contributed by atoms with E-state index in [2.05, 4.69) is 10.4 Å². The number of hydrogen-bond donors (Lipinski definition) is 1. The first-order valence-electron chi connectivity index (χ1n) is 6.44. The summed E-state index contributed by atoms with van der Waals surface area (Å²) in [5, 5.41) is 7.00. The fourth-order valence-corrected chi connectivity index (χ4v) is 1.76. The molecule has 0 unspecified atom stereocenters. The molecule has 2 aromatic heterocycles. The summed E-state index contributed by atoms with van der Waals surface area (Å²) in [5.74, 6) is 1.67. The van der Waals surface area contributed by atoms with E-state index in [4.69, 9.17) is 4.42 Å². The summed E-state index contributed by atoms with van der Waals surface area (Å²) < 4.78 is 7.21. The van der Waals surface area contributed by atoms with Gasteiger partial charge in [-0.3, -0.25) is 9.48 Å². The third-order valence-electron chi connectivity index (χ3n) is 2.85. The first-order chi connectivity index (χ1) is 9.06. The van der Waals surface area contributed by atoms with Gasteiger partial charge in [0.2, 0.25) is 0 Å². The molecule has 0 aliphatic heterocycles. The van der Waals surface area contributed by atoms with Crippen LogP contribution in [0.25, 0.3) is 0 Å². The van der Waals surface area contributed by atoms with Gasteiger partial charge in [-0.15, -0.1) is 0 Å². The van der Waals surface area contributed by atoms with Crippen LogP contribution in [0.3, 0.4) is 0 Å². The second-order valence-electron chi connectivity index (χ2n) is 4.82. The van der Waals surface area contributed by atoms with Crippen molar-refractivity contribution < 1.29 is 9.21 Å². The van der Waals surface area contributed by atoms with Crippen molar-refractivity contribution in [3.8, 4) is 0 Å². The average molecular weight is 261 g/mol. The predicted octanol–water partition coefficient (Wildman–Crippen LogP) is 2.34. The Hall–Kier alpha value is -2.04. The van der Waals surface area contributed by atoms with Crippen molar-refractivity contribution in [3.63, 3.8) is 0 Å². The first kappa shape index (κ1) is 13.4. The van der Waals surface area contributed by atoms with Gasteiger partial charge in [-0.25, -0.2) is 0 Å². The molecule has 0 spiro atoms. The minimum Gasteiger partial charge on any atom is -0.466 e. The third-order valence-corrected chi connectivity index (χ3v) is 2.85. The van der Waals surface area contributed by atoms with E-state index >= 15 is 0 Å². The minimum absolute atomic E-state index is 0.102. The third kappa shape index (κ3) is 3.47. The number of aryl methyl sites for hydroxylation is 1. The van der Waals surface area contributed by atoms with E-state index < -0.39 is 0 Å². The Balaban J connectivity index is 1.83. The quantitative estimate of drug-likeness (QED) is 0.898. The van der Waals surface area contributed by atoms with Crippen LogP contribution in [0.5, 0.6) is 0 Å². The first-order valence-corrected chi connectivity index (χ1v) is 6.44. The van der Waals surface area contributed by atoms with E-state index in [1.807, 2.05) is 32.9 Å². The van der Waals surface area contributed by atoms with Gasteiger partial charge >= 0.3 is 0 Å². The fraction of sp³-hybridized carbons (Fsp3) is 0.429. The lowest BCUT2D eigenvalue weighted by molar-refractivity contribution is 0.0953. The summed E-state index contributed by atoms with van der Waals surface area (Å²) in [6, 6.07) is 4.11. The number of aromatic nitrogens is 2. The molecule has 0 atom stereocenters. The molecule has 0 fully saturated rings. The highest BCUT2D eigenvalue weighted by Crippen LogP contribution is 2.07. The molecule has 0 saturated heterocycles. The number of carbonyl (C=O) groups excluding carboxylic acids is 1. The lowest BCUT2D eigenvalue weighted by atomic mass is 10.3. The summed E-state index contributed by atoms with van der Waals surface area (Å²) in [5.41, 5.74) is 0.587. The monoisotopic (exact) mass is 261 g/mol. The lowest BCUT2D eigenvalue weighted by Crippen LogP contribution is -2.25. The molecule has 1 N–H and O–H groups in total. The molecule has 2 rings (SSSR count). The van der Waals surface area contributed by atoms with E-state index in [1.165, 1.54) is 0 Å². The van der Waals surface area contributed by atoms with Gasteiger partial charge in [-0.05, 0) is 32.9 Å². The molecule has 2 heterocycles. The predicted molar refractivity (Wildman–Crippen MR) is 72.1 cm³/mol. The summed E-state index contributed by atoms with van der Waals surface area (Å²) in [6.07, 6.45) is 4.04. The Morgan fingerprint density at radius 2 is 2.26 bits per heavy atom. The van der Waals surface area contributed by atoms with Crippen LogP contribution in [0.1, 0.15) is 41.8 Å². The molecule has 1 amide bonds. The molecular weight excluding hydrogens is 242 g/mol. The van der Waals surface area contributed by atoms with Crippen LogP contribution in [-0.4, -0.2) is 22.2 Å². The second kappa shape index (κ2) is 5.73. The molecule has 0 aliphatic rings. The Labute approximate surface area is 112 Å². The van der Waals surface area contributed by atoms with Crippen LogP contribution < -0.4 is 5.32 Å². The van der Waals surface area contributed by atoms with Crippen molar-refractivity contribution in [1.29, 1.82) is 0 Å². The second-order valence-corrected chi connectivity index (χ2v) is 4.82. The normalized spacial score (nSPS) is 10.9. The summed E-state index contributed by atoms with van der Waals surface area (Å²) in [7, 11) is 0. The molecule has 0 radical (unpaired) electrons. The van der Waals surface area contributed by atoms with E-state index in [0.717, 1.165) is 11.5 Å². The minimum atomic E-state index is -0.102. The number of amides is 1. The summed E-state index contributed by atoms with van der Waals surface area (Å²) in [4.78, 5) is 11.9. The number of furan rings is 1. The average Bonchev–Trinajstić information content (AvgIpc) is 2.98. The van der Waals surface area contributed by atoms with Gasteiger partial charge in [-0.2, -0.15) is 5.10 Å². The molecule has 2 aromatic rings. The summed E-state index contributed by atoms with van der Waals surface area (Å²) in [6.45, 7) is 6.50. The number of nitrogens with zero attached hydrogens (tertiary/aromatic N) is 2. The van der Waals surface area contributed by atoms with E-state index in [1.54, 1.807) is 17.1 Å². The Kier molecular flexibility index (Phi) is 4.04. The van der Waals surface area contributed by atoms with Gasteiger partial charge < -0.3 is 9.73 Å². The Bertz CT molecular complexity index is 555. The van der Waals surface area contributed by atoms with Gasteiger partial charge in [-0.1, -0.05) is 0 Å². The van der Waals surface area contributed by atoms with E-state index in [0.29, 0.717) is 18.5 Å². The van der Waals surface area contributed by atoms with Crippen molar-refractivity contribution >= 4 is 5.91 Å². The molecule has 5 nitrogen and oxygen atoms in total. The van der Waals surface area contributed by atoms with Crippen LogP contribution in [0.2, 0.25) is 0 Å². The van der Waals surface area contributed by atoms with Crippen LogP contribution in [0.15, 0.2) is 28.9 Å². The molecule has 0 saturated carbocycles. The maximum absolute atomic E-state index is 11.9. The zero-order valence-electron chi connectivity index (χ0n) is 11.5. The van der Waals surface area contributed by atoms with Gasteiger partial charge in [0.15, 0.2) is 0 Å². The van der Waals surface area contributed by atoms with Crippen LogP contribution in [0.4, 0.5) is 0 Å². The highest BCUT2D eigenvalue weighted by atomic mass is 16.3. The fourth-order valence-electron chi connectivity index (χ4n) is 1.76. The molecule has 19 heavy (non-hydrogen) atoms.